The van der Waals surface area contributed by atoms with Crippen LogP contribution >= 0.6 is 11.6 Å². The van der Waals surface area contributed by atoms with Gasteiger partial charge in [0.1, 0.15) is 6.07 Å². The molecule has 0 aliphatic carbocycles. The van der Waals surface area contributed by atoms with Crippen LogP contribution in [-0.2, 0) is 16.1 Å². The summed E-state index contributed by atoms with van der Waals surface area (Å²) < 4.78 is 1.46. The van der Waals surface area contributed by atoms with Crippen molar-refractivity contribution in [1.29, 1.82) is 5.26 Å². The topological polar surface area (TPSA) is 125 Å². The van der Waals surface area contributed by atoms with Crippen molar-refractivity contribution in [2.45, 2.75) is 13.0 Å². The lowest BCUT2D eigenvalue weighted by molar-refractivity contribution is -0.298. The Morgan fingerprint density at radius 3 is 2.58 bits per heavy atom. The molecule has 0 aliphatic heterocycles. The van der Waals surface area contributed by atoms with Gasteiger partial charge in [0.2, 0.25) is 5.91 Å². The quantitative estimate of drug-likeness (QED) is 0.611. The van der Waals surface area contributed by atoms with Crippen molar-refractivity contribution in [3.63, 3.8) is 0 Å². The molecule has 0 radical (unpaired) electrons. The highest BCUT2D eigenvalue weighted by molar-refractivity contribution is 6.30. The van der Waals surface area contributed by atoms with Gasteiger partial charge >= 0.3 is 0 Å². The second-order valence-electron chi connectivity index (χ2n) is 4.88. The van der Waals surface area contributed by atoms with E-state index in [1.54, 1.807) is 30.3 Å². The van der Waals surface area contributed by atoms with Gasteiger partial charge in [-0.15, -0.1) is 0 Å². The number of aromatic nitrogens is 2. The maximum Gasteiger partial charge on any atom is 0.219 e. The van der Waals surface area contributed by atoms with Crippen LogP contribution < -0.4 is 10.8 Å². The number of carboxylic acid groups (broad SMARTS) is 1. The highest BCUT2D eigenvalue weighted by Crippen LogP contribution is 2.25. The fourth-order valence-electron chi connectivity index (χ4n) is 2.01. The molecule has 0 spiro atoms. The Morgan fingerprint density at radius 1 is 1.38 bits per heavy atom. The first kappa shape index (κ1) is 17.2. The molecule has 0 fully saturated rings. The van der Waals surface area contributed by atoms with Crippen molar-refractivity contribution in [3.05, 3.63) is 46.6 Å². The van der Waals surface area contributed by atoms with Gasteiger partial charge in [-0.2, -0.15) is 10.4 Å². The van der Waals surface area contributed by atoms with Crippen LogP contribution in [0.5, 0.6) is 0 Å². The molecule has 7 nitrogen and oxygen atoms in total. The van der Waals surface area contributed by atoms with E-state index in [0.29, 0.717) is 21.8 Å². The maximum atomic E-state index is 10.9. The fraction of sp³-hybridized carbons (Fsp3) is 0.125. The van der Waals surface area contributed by atoms with Gasteiger partial charge in [0, 0.05) is 35.3 Å². The number of hydrogen-bond donors (Lipinski definition) is 1. The lowest BCUT2D eigenvalue weighted by atomic mass is 10.1. The van der Waals surface area contributed by atoms with Crippen molar-refractivity contribution in [3.8, 4) is 17.3 Å². The smallest absolute Gasteiger partial charge is 0.219 e. The number of amides is 1. The second kappa shape index (κ2) is 7.44. The summed E-state index contributed by atoms with van der Waals surface area (Å²) in [6.45, 7) is 0.233. The van der Waals surface area contributed by atoms with Crippen molar-refractivity contribution in [2.24, 2.45) is 5.73 Å². The van der Waals surface area contributed by atoms with E-state index < -0.39 is 17.4 Å². The molecule has 0 aliphatic rings. The van der Waals surface area contributed by atoms with Crippen molar-refractivity contribution in [2.75, 3.05) is 0 Å². The molecule has 0 saturated carbocycles. The van der Waals surface area contributed by atoms with E-state index >= 15 is 0 Å². The number of aryl methyl sites for hydroxylation is 1. The van der Waals surface area contributed by atoms with Crippen molar-refractivity contribution >= 4 is 29.6 Å². The van der Waals surface area contributed by atoms with E-state index in [1.807, 2.05) is 0 Å². The Bertz CT molecular complexity index is 847. The Balaban J connectivity index is 2.50. The molecule has 1 amide bonds. The molecule has 1 heterocycles. The number of rotatable bonds is 6. The van der Waals surface area contributed by atoms with Crippen LogP contribution in [0, 0.1) is 11.3 Å². The van der Waals surface area contributed by atoms with Gasteiger partial charge in [0.25, 0.3) is 0 Å². The molecule has 8 heteroatoms. The number of carbonyl (C=O) groups excluding carboxylic acids is 2. The van der Waals surface area contributed by atoms with Gasteiger partial charge in [-0.05, 0) is 18.2 Å². The van der Waals surface area contributed by atoms with Gasteiger partial charge in [-0.25, -0.2) is 0 Å². The number of halogens is 1. The summed E-state index contributed by atoms with van der Waals surface area (Å²) in [6, 6.07) is 8.32. The Hall–Kier alpha value is -3.11. The molecule has 0 bridgehead atoms. The zero-order valence-corrected chi connectivity index (χ0v) is 13.2. The normalized spacial score (nSPS) is 11.1. The van der Waals surface area contributed by atoms with Crippen molar-refractivity contribution in [1.82, 2.24) is 9.78 Å². The Kier molecular flexibility index (Phi) is 5.35. The summed E-state index contributed by atoms with van der Waals surface area (Å²) in [5.74, 6) is -2.06. The molecule has 2 rings (SSSR count). The zero-order chi connectivity index (χ0) is 17.7. The summed E-state index contributed by atoms with van der Waals surface area (Å²) in [7, 11) is 0. The molecule has 1 aromatic carbocycles. The zero-order valence-electron chi connectivity index (χ0n) is 12.4. The minimum absolute atomic E-state index is 0.0798. The number of carboxylic acids is 1. The standard InChI is InChI=1S/C16H13ClN4O3/c17-13-3-1-10(2-4-13)15-12(7-11(8-18)16(23)24)9-21(20-15)6-5-14(19)22/h1-4,7,9H,5-6H2,(H2,19,22)(H,23,24)/p-1/b11-7+. The minimum atomic E-state index is -1.58. The van der Waals surface area contributed by atoms with Gasteiger partial charge < -0.3 is 15.6 Å². The highest BCUT2D eigenvalue weighted by atomic mass is 35.5. The number of carbonyl (C=O) groups is 2. The van der Waals surface area contributed by atoms with Crippen LogP contribution in [0.1, 0.15) is 12.0 Å². The van der Waals surface area contributed by atoms with Crippen molar-refractivity contribution < 1.29 is 14.7 Å². The molecule has 1 aromatic heterocycles. The third-order valence-corrected chi connectivity index (χ3v) is 3.39. The molecular weight excluding hydrogens is 332 g/mol. The van der Waals surface area contributed by atoms with Gasteiger partial charge in [-0.3, -0.25) is 9.48 Å². The summed E-state index contributed by atoms with van der Waals surface area (Å²) in [5.41, 5.74) is 6.13. The molecular formula is C16H12ClN4O3-. The number of nitriles is 1. The first-order valence-corrected chi connectivity index (χ1v) is 7.23. The molecule has 0 unspecified atom stereocenters. The molecule has 0 atom stereocenters. The predicted molar refractivity (Wildman–Crippen MR) is 85.1 cm³/mol. The first-order valence-electron chi connectivity index (χ1n) is 6.85. The van der Waals surface area contributed by atoms with E-state index in [9.17, 15) is 14.7 Å². The minimum Gasteiger partial charge on any atom is -0.544 e. The predicted octanol–water partition coefficient (Wildman–Crippen LogP) is 0.736. The van der Waals surface area contributed by atoms with Crippen LogP contribution in [0.2, 0.25) is 5.02 Å². The number of hydrogen-bond acceptors (Lipinski definition) is 5. The highest BCUT2D eigenvalue weighted by Gasteiger charge is 2.12. The molecule has 0 saturated heterocycles. The van der Waals surface area contributed by atoms with Gasteiger partial charge in [0.15, 0.2) is 0 Å². The number of nitrogens with zero attached hydrogens (tertiary/aromatic N) is 3. The SMILES string of the molecule is N#C/C(=C\c1cn(CCC(N)=O)nc1-c1ccc(Cl)cc1)C(=O)[O-]. The number of benzene rings is 1. The number of primary amides is 1. The van der Waals surface area contributed by atoms with E-state index in [4.69, 9.17) is 22.6 Å². The van der Waals surface area contributed by atoms with Crippen LogP contribution in [0.3, 0.4) is 0 Å². The third-order valence-electron chi connectivity index (χ3n) is 3.14. The summed E-state index contributed by atoms with van der Waals surface area (Å²) >= 11 is 5.86. The Labute approximate surface area is 142 Å². The third kappa shape index (κ3) is 4.21. The second-order valence-corrected chi connectivity index (χ2v) is 5.31. The van der Waals surface area contributed by atoms with Crippen LogP contribution in [0.15, 0.2) is 36.0 Å². The molecule has 2 aromatic rings. The van der Waals surface area contributed by atoms with Crippen LogP contribution in [-0.4, -0.2) is 21.7 Å². The Morgan fingerprint density at radius 2 is 2.04 bits per heavy atom. The average molecular weight is 344 g/mol. The molecule has 2 N–H and O–H groups in total. The lowest BCUT2D eigenvalue weighted by Gasteiger charge is -2.01. The number of aliphatic carboxylic acids is 1. The van der Waals surface area contributed by atoms with Gasteiger partial charge in [0.05, 0.1) is 17.2 Å². The number of nitrogens with two attached hydrogens (primary N) is 1. The van der Waals surface area contributed by atoms with Crippen LogP contribution in [0.4, 0.5) is 0 Å². The lowest BCUT2D eigenvalue weighted by Crippen LogP contribution is -2.23. The summed E-state index contributed by atoms with van der Waals surface area (Å²) in [6.07, 6.45) is 2.79. The largest absolute Gasteiger partial charge is 0.544 e. The summed E-state index contributed by atoms with van der Waals surface area (Å²) in [4.78, 5) is 21.9. The average Bonchev–Trinajstić information content (AvgIpc) is 2.94. The molecule has 122 valence electrons. The van der Waals surface area contributed by atoms with Crippen LogP contribution in [0.25, 0.3) is 17.3 Å². The van der Waals surface area contributed by atoms with E-state index in [1.165, 1.54) is 17.0 Å². The monoisotopic (exact) mass is 343 g/mol. The summed E-state index contributed by atoms with van der Waals surface area (Å²) in [5, 5.41) is 24.7. The van der Waals surface area contributed by atoms with E-state index in [2.05, 4.69) is 5.10 Å². The maximum absolute atomic E-state index is 10.9. The fourth-order valence-corrected chi connectivity index (χ4v) is 2.13. The van der Waals surface area contributed by atoms with E-state index in [0.717, 1.165) is 0 Å². The van der Waals surface area contributed by atoms with E-state index in [-0.39, 0.29) is 13.0 Å². The first-order chi connectivity index (χ1) is 11.4. The van der Waals surface area contributed by atoms with Gasteiger partial charge in [-0.1, -0.05) is 23.7 Å². The molecule has 24 heavy (non-hydrogen) atoms.